The van der Waals surface area contributed by atoms with Crippen LogP contribution in [0.25, 0.3) is 0 Å². The van der Waals surface area contributed by atoms with E-state index in [4.69, 9.17) is 10.5 Å². The first-order valence-electron chi connectivity index (χ1n) is 34.6. The molecule has 1 heterocycles. The van der Waals surface area contributed by atoms with E-state index < -0.39 is 137 Å². The zero-order valence-corrected chi connectivity index (χ0v) is 61.7. The van der Waals surface area contributed by atoms with Crippen molar-refractivity contribution in [2.75, 3.05) is 75.6 Å². The summed E-state index contributed by atoms with van der Waals surface area (Å²) in [6, 6.07) is 5.10. The molecule has 2 aromatic carbocycles. The second-order valence-corrected chi connectivity index (χ2v) is 28.1. The van der Waals surface area contributed by atoms with E-state index in [1.807, 2.05) is 59.7 Å². The largest absolute Gasteiger partial charge is 0.393 e. The van der Waals surface area contributed by atoms with E-state index in [-0.39, 0.29) is 88.5 Å². The Balaban J connectivity index is 2.07. The lowest BCUT2D eigenvalue weighted by Crippen LogP contribution is -2.63. The number of aliphatic hydroxyl groups is 1. The van der Waals surface area contributed by atoms with Gasteiger partial charge in [0.2, 0.25) is 53.2 Å². The Labute approximate surface area is 581 Å². The van der Waals surface area contributed by atoms with Gasteiger partial charge in [0.15, 0.2) is 6.04 Å². The maximum atomic E-state index is 15.4. The number of nitrogens with zero attached hydrogens (tertiary/aromatic N) is 8. The van der Waals surface area contributed by atoms with Crippen molar-refractivity contribution in [3.05, 3.63) is 71.8 Å². The summed E-state index contributed by atoms with van der Waals surface area (Å²) in [7, 11) is 9.58. The third-order valence-corrected chi connectivity index (χ3v) is 18.4. The van der Waals surface area contributed by atoms with Gasteiger partial charge in [0.25, 0.3) is 11.8 Å². The van der Waals surface area contributed by atoms with Crippen molar-refractivity contribution >= 4 is 71.0 Å². The number of carbonyl (C=O) groups excluding carboxylic acids is 12. The second kappa shape index (κ2) is 40.2. The standard InChI is InChI=1S/C72H116N12O14/c1-20-53(66(91)80(16)58(42-52-32-26-22-27-33-52)68(93)78(14)55(61(73)86)39-46(6)7)74-63(88)57(41-51-30-24-21-25-31-51)79(15)69(94)59(43-98-37-34-44(2)3)81(17)67(92)54(38-45(4)5)75-62(87)49(11)77(13)70(95)60(71(96)84-35-28-23-29-36-84)76-64(89)56(40-47(8)9)82(18)72(97)83(19)65(90)48(10)50(12)85/h21-22,24-27,30-33,44-50,53-60,85H,20,23,28-29,34-43H2,1-19H3,(H2,73,86)(H,74,88)(H,75,87)(H,76,89)/t48-,49-,50+,53-,54-,55-,56-,57-,58-,59-,60-/m0/s1. The molecule has 0 spiro atoms. The summed E-state index contributed by atoms with van der Waals surface area (Å²) in [4.78, 5) is 183. The number of primary amides is 1. The van der Waals surface area contributed by atoms with Crippen LogP contribution in [-0.4, -0.2) is 251 Å². The van der Waals surface area contributed by atoms with Gasteiger partial charge in [-0.15, -0.1) is 0 Å². The van der Waals surface area contributed by atoms with Gasteiger partial charge in [-0.3, -0.25) is 57.6 Å². The molecule has 26 nitrogen and oxygen atoms in total. The van der Waals surface area contributed by atoms with Crippen LogP contribution in [0.4, 0.5) is 4.79 Å². The Morgan fingerprint density at radius 3 is 1.43 bits per heavy atom. The van der Waals surface area contributed by atoms with Crippen molar-refractivity contribution in [3.8, 4) is 0 Å². The van der Waals surface area contributed by atoms with Gasteiger partial charge < -0.3 is 65.8 Å². The number of likely N-dealkylation sites (N-methyl/N-ethyl adjacent to an activating group) is 6. The average Bonchev–Trinajstić information content (AvgIpc) is 0.822. The van der Waals surface area contributed by atoms with Crippen LogP contribution in [0.15, 0.2) is 60.7 Å². The zero-order valence-electron chi connectivity index (χ0n) is 61.7. The Bertz CT molecular complexity index is 2980. The maximum Gasteiger partial charge on any atom is 0.326 e. The van der Waals surface area contributed by atoms with E-state index in [9.17, 15) is 48.3 Å². The highest BCUT2D eigenvalue weighted by atomic mass is 16.5. The Morgan fingerprint density at radius 1 is 0.490 bits per heavy atom. The van der Waals surface area contributed by atoms with Gasteiger partial charge in [0.1, 0.15) is 48.3 Å². The number of imide groups is 1. The molecule has 0 saturated carbocycles. The van der Waals surface area contributed by atoms with Crippen LogP contribution in [-0.2, 0) is 70.3 Å². The number of amides is 13. The molecule has 6 N–H and O–H groups in total. The number of urea groups is 1. The van der Waals surface area contributed by atoms with E-state index in [0.717, 1.165) is 31.6 Å². The quantitative estimate of drug-likeness (QED) is 0.0470. The van der Waals surface area contributed by atoms with E-state index in [2.05, 4.69) is 16.0 Å². The number of rotatable bonds is 37. The molecule has 0 radical (unpaired) electrons. The number of nitrogens with one attached hydrogen (secondary N) is 3. The van der Waals surface area contributed by atoms with Crippen LogP contribution >= 0.6 is 0 Å². The lowest BCUT2D eigenvalue weighted by atomic mass is 9.98. The van der Waals surface area contributed by atoms with Gasteiger partial charge >= 0.3 is 6.03 Å². The number of benzene rings is 2. The SMILES string of the molecule is CC[C@H](NC(=O)[C@H](Cc1ccccc1)N(C)C(=O)[C@H](COCCC(C)C)N(C)C(=O)[C@H](CC(C)C)NC(=O)[C@H](C)N(C)C(=O)[C@H](NC(=O)[C@H](CC(C)C)N(C)C(=O)N(C)C(=O)[C@@H](C)[C@@H](C)O)C(=O)N1CCCCC1)C(=O)N(C)[C@@H](Cc1ccccc1)C(=O)N(C)[C@@H](CC(C)C)C(N)=O. The lowest BCUT2D eigenvalue weighted by molar-refractivity contribution is -0.152. The summed E-state index contributed by atoms with van der Waals surface area (Å²) < 4.78 is 6.16. The predicted octanol–water partition coefficient (Wildman–Crippen LogP) is 4.09. The molecule has 0 bridgehead atoms. The Hall–Kier alpha value is -8.00. The van der Waals surface area contributed by atoms with Gasteiger partial charge in [-0.25, -0.2) is 4.79 Å². The Morgan fingerprint density at radius 2 is 0.939 bits per heavy atom. The van der Waals surface area contributed by atoms with Gasteiger partial charge in [-0.2, -0.15) is 0 Å². The minimum Gasteiger partial charge on any atom is -0.393 e. The van der Waals surface area contributed by atoms with E-state index in [1.165, 1.54) is 89.7 Å². The van der Waals surface area contributed by atoms with Gasteiger partial charge in [-0.05, 0) is 100 Å². The molecule has 1 aliphatic heterocycles. The van der Waals surface area contributed by atoms with E-state index >= 15 is 14.4 Å². The van der Waals surface area contributed by atoms with E-state index in [0.29, 0.717) is 24.8 Å². The lowest BCUT2D eigenvalue weighted by Gasteiger charge is -2.37. The smallest absolute Gasteiger partial charge is 0.326 e. The number of carbonyl (C=O) groups is 12. The van der Waals surface area contributed by atoms with Gasteiger partial charge in [0, 0.05) is 81.9 Å². The molecule has 26 heteroatoms. The highest BCUT2D eigenvalue weighted by Crippen LogP contribution is 2.22. The molecule has 0 aromatic heterocycles. The summed E-state index contributed by atoms with van der Waals surface area (Å²) in [5, 5.41) is 18.4. The van der Waals surface area contributed by atoms with Crippen molar-refractivity contribution in [2.24, 2.45) is 35.3 Å². The van der Waals surface area contributed by atoms with Crippen molar-refractivity contribution in [2.45, 2.75) is 208 Å². The summed E-state index contributed by atoms with van der Waals surface area (Å²) in [6.07, 6.45) is 2.04. The molecule has 11 atom stereocenters. The first-order valence-corrected chi connectivity index (χ1v) is 34.6. The van der Waals surface area contributed by atoms with Crippen molar-refractivity contribution in [1.29, 1.82) is 0 Å². The normalized spacial score (nSPS) is 15.8. The zero-order chi connectivity index (χ0) is 74.2. The molecule has 1 aliphatic rings. The fraction of sp³-hybridized carbons (Fsp3) is 0.667. The van der Waals surface area contributed by atoms with Crippen molar-refractivity contribution < 1.29 is 67.4 Å². The number of hydrogen-bond donors (Lipinski definition) is 5. The van der Waals surface area contributed by atoms with Crippen LogP contribution in [0.5, 0.6) is 0 Å². The second-order valence-electron chi connectivity index (χ2n) is 28.1. The molecule has 1 fully saturated rings. The minimum absolute atomic E-state index is 0.00359. The molecule has 0 unspecified atom stereocenters. The van der Waals surface area contributed by atoms with Crippen LogP contribution in [0.2, 0.25) is 0 Å². The van der Waals surface area contributed by atoms with Crippen LogP contribution in [0.1, 0.15) is 146 Å². The fourth-order valence-electron chi connectivity index (χ4n) is 11.6. The summed E-state index contributed by atoms with van der Waals surface area (Å²) in [5.41, 5.74) is 7.22. The first kappa shape index (κ1) is 84.2. The minimum atomic E-state index is -1.88. The number of hydrogen-bond acceptors (Lipinski definition) is 14. The average molecular weight is 1370 g/mol. The number of likely N-dealkylation sites (tertiary alicyclic amines) is 1. The van der Waals surface area contributed by atoms with Crippen LogP contribution in [0.3, 0.4) is 0 Å². The summed E-state index contributed by atoms with van der Waals surface area (Å²) in [6.45, 7) is 21.4. The van der Waals surface area contributed by atoms with Crippen LogP contribution in [0, 0.1) is 29.6 Å². The van der Waals surface area contributed by atoms with Crippen molar-refractivity contribution in [1.82, 2.24) is 55.1 Å². The van der Waals surface area contributed by atoms with Crippen molar-refractivity contribution in [3.63, 3.8) is 0 Å². The molecular formula is C72H116N12O14. The van der Waals surface area contributed by atoms with Gasteiger partial charge in [0.05, 0.1) is 18.6 Å². The molecule has 13 amide bonds. The van der Waals surface area contributed by atoms with E-state index in [1.54, 1.807) is 63.2 Å². The summed E-state index contributed by atoms with van der Waals surface area (Å²) in [5.74, 6) is -9.35. The summed E-state index contributed by atoms with van der Waals surface area (Å²) >= 11 is 0. The molecular weight excluding hydrogens is 1260 g/mol. The van der Waals surface area contributed by atoms with Crippen LogP contribution < -0.4 is 21.7 Å². The molecule has 0 aliphatic carbocycles. The molecule has 3 rings (SSSR count). The molecule has 1 saturated heterocycles. The first-order chi connectivity index (χ1) is 45.9. The highest BCUT2D eigenvalue weighted by Gasteiger charge is 2.44. The number of aliphatic hydroxyl groups excluding tert-OH is 1. The number of nitrogens with two attached hydrogens (primary N) is 1. The number of ether oxygens (including phenoxy) is 1. The Kier molecular flexibility index (Phi) is 34.5. The molecule has 548 valence electrons. The highest BCUT2D eigenvalue weighted by molar-refractivity contribution is 6.09. The third kappa shape index (κ3) is 24.5. The third-order valence-electron chi connectivity index (χ3n) is 18.4. The predicted molar refractivity (Wildman–Crippen MR) is 374 cm³/mol. The monoisotopic (exact) mass is 1370 g/mol. The molecule has 98 heavy (non-hydrogen) atoms. The maximum absolute atomic E-state index is 15.4. The number of piperidine rings is 1. The fourth-order valence-corrected chi connectivity index (χ4v) is 11.6. The molecule has 2 aromatic rings. The van der Waals surface area contributed by atoms with Gasteiger partial charge in [-0.1, -0.05) is 130 Å². The topological polar surface area (TPSA) is 322 Å².